The lowest BCUT2D eigenvalue weighted by Crippen LogP contribution is -1.93. The van der Waals surface area contributed by atoms with Crippen LogP contribution in [0.3, 0.4) is 0 Å². The average Bonchev–Trinajstić information content (AvgIpc) is 1.12. The van der Waals surface area contributed by atoms with Crippen molar-refractivity contribution in [3.63, 3.8) is 0 Å². The second kappa shape index (κ2) is 3.92. The van der Waals surface area contributed by atoms with Crippen LogP contribution in [0.15, 0.2) is 0 Å². The highest BCUT2D eigenvalue weighted by atomic mass is 14.0. The summed E-state index contributed by atoms with van der Waals surface area (Å²) >= 11 is 0. The Hall–Kier alpha value is 0. The molecule has 9 heavy (non-hydrogen) atoms. The molecule has 0 aromatic carbocycles. The second-order valence-electron chi connectivity index (χ2n) is 4.41. The molecule has 0 bridgehead atoms. The lowest BCUT2D eigenvalue weighted by Gasteiger charge is -2.05. The molecule has 1 rings (SSSR count). The van der Waals surface area contributed by atoms with Crippen LogP contribution < -0.4 is 0 Å². The molecular weight excluding hydrogens is 108 g/mol. The topological polar surface area (TPSA) is 0 Å². The zero-order valence-electron chi connectivity index (χ0n) is 7.33. The van der Waals surface area contributed by atoms with Gasteiger partial charge in [0.05, 0.1) is 0 Å². The standard InChI is InChI=1S/C5H12.C4H8/c1-5(2,3)4;1-2-4-3-1/h1-4H3;1-4H2. The molecule has 0 heteroatoms. The first-order valence-corrected chi connectivity index (χ1v) is 4.00. The maximum Gasteiger partial charge on any atom is -0.0411 e. The molecule has 1 aliphatic rings. The van der Waals surface area contributed by atoms with E-state index in [9.17, 15) is 0 Å². The highest BCUT2D eigenvalue weighted by Gasteiger charge is 1.95. The summed E-state index contributed by atoms with van der Waals surface area (Å²) in [6.45, 7) is 8.75. The van der Waals surface area contributed by atoms with Crippen LogP contribution in [0.5, 0.6) is 0 Å². The van der Waals surface area contributed by atoms with Crippen LogP contribution in [-0.2, 0) is 0 Å². The van der Waals surface area contributed by atoms with E-state index in [-0.39, 0.29) is 0 Å². The third-order valence-corrected chi connectivity index (χ3v) is 1.000. The monoisotopic (exact) mass is 128 g/mol. The van der Waals surface area contributed by atoms with Gasteiger partial charge in [0, 0.05) is 0 Å². The molecule has 1 saturated carbocycles. The van der Waals surface area contributed by atoms with E-state index < -0.39 is 0 Å². The predicted molar refractivity (Wildman–Crippen MR) is 43.6 cm³/mol. The van der Waals surface area contributed by atoms with E-state index in [1.807, 2.05) is 0 Å². The van der Waals surface area contributed by atoms with Gasteiger partial charge >= 0.3 is 0 Å². The van der Waals surface area contributed by atoms with Crippen molar-refractivity contribution in [3.05, 3.63) is 0 Å². The molecule has 1 fully saturated rings. The molecule has 0 saturated heterocycles. The molecule has 0 aliphatic heterocycles. The van der Waals surface area contributed by atoms with Crippen molar-refractivity contribution < 1.29 is 0 Å². The van der Waals surface area contributed by atoms with E-state index in [4.69, 9.17) is 0 Å². The van der Waals surface area contributed by atoms with Gasteiger partial charge < -0.3 is 0 Å². The smallest absolute Gasteiger partial charge is 0.0411 e. The summed E-state index contributed by atoms with van der Waals surface area (Å²) in [6, 6.07) is 0. The summed E-state index contributed by atoms with van der Waals surface area (Å²) in [4.78, 5) is 0. The first-order valence-electron chi connectivity index (χ1n) is 4.00. The highest BCUT2D eigenvalue weighted by Crippen LogP contribution is 2.15. The lowest BCUT2D eigenvalue weighted by molar-refractivity contribution is 0.469. The van der Waals surface area contributed by atoms with Gasteiger partial charge in [-0.3, -0.25) is 0 Å². The Morgan fingerprint density at radius 3 is 0.778 bits per heavy atom. The van der Waals surface area contributed by atoms with Gasteiger partial charge in [0.2, 0.25) is 0 Å². The molecule has 0 N–H and O–H groups in total. The van der Waals surface area contributed by atoms with Crippen LogP contribution in [0.25, 0.3) is 0 Å². The fourth-order valence-electron chi connectivity index (χ4n) is 0.250. The number of hydrogen-bond acceptors (Lipinski definition) is 0. The zero-order valence-corrected chi connectivity index (χ0v) is 7.33. The van der Waals surface area contributed by atoms with Gasteiger partial charge in [0.1, 0.15) is 0 Å². The van der Waals surface area contributed by atoms with Crippen molar-refractivity contribution in [3.8, 4) is 0 Å². The van der Waals surface area contributed by atoms with Crippen LogP contribution in [0.1, 0.15) is 53.4 Å². The zero-order chi connectivity index (χ0) is 7.33. The van der Waals surface area contributed by atoms with Crippen molar-refractivity contribution >= 4 is 0 Å². The minimum absolute atomic E-state index is 0.500. The van der Waals surface area contributed by atoms with Crippen LogP contribution >= 0.6 is 0 Å². The van der Waals surface area contributed by atoms with Gasteiger partial charge in [0.25, 0.3) is 0 Å². The SMILES string of the molecule is C1CCC1.CC(C)(C)C. The van der Waals surface area contributed by atoms with Gasteiger partial charge in [-0.2, -0.15) is 0 Å². The number of rotatable bonds is 0. The highest BCUT2D eigenvalue weighted by molar-refractivity contribution is 4.50. The van der Waals surface area contributed by atoms with Crippen molar-refractivity contribution in [2.75, 3.05) is 0 Å². The molecule has 0 aromatic heterocycles. The molecule has 0 heterocycles. The molecule has 1 aliphatic carbocycles. The molecular formula is C9H20. The van der Waals surface area contributed by atoms with Gasteiger partial charge in [-0.15, -0.1) is 0 Å². The molecule has 0 unspecified atom stereocenters. The minimum Gasteiger partial charge on any atom is -0.0604 e. The Balaban J connectivity index is 0.000000144. The van der Waals surface area contributed by atoms with Gasteiger partial charge in [-0.25, -0.2) is 0 Å². The van der Waals surface area contributed by atoms with E-state index in [1.165, 1.54) is 25.7 Å². The van der Waals surface area contributed by atoms with E-state index in [0.717, 1.165) is 0 Å². The van der Waals surface area contributed by atoms with Crippen molar-refractivity contribution in [2.24, 2.45) is 5.41 Å². The van der Waals surface area contributed by atoms with Crippen LogP contribution in [0.4, 0.5) is 0 Å². The van der Waals surface area contributed by atoms with Crippen molar-refractivity contribution in [1.82, 2.24) is 0 Å². The van der Waals surface area contributed by atoms with E-state index in [1.54, 1.807) is 0 Å². The molecule has 0 atom stereocenters. The Bertz CT molecular complexity index is 42.9. The molecule has 0 nitrogen and oxygen atoms in total. The van der Waals surface area contributed by atoms with Crippen molar-refractivity contribution in [2.45, 2.75) is 53.4 Å². The van der Waals surface area contributed by atoms with Crippen LogP contribution in [0.2, 0.25) is 0 Å². The minimum atomic E-state index is 0.500. The molecule has 0 amide bonds. The Kier molecular flexibility index (Phi) is 3.92. The maximum absolute atomic E-state index is 2.19. The largest absolute Gasteiger partial charge is 0.0604 e. The molecule has 56 valence electrons. The van der Waals surface area contributed by atoms with E-state index in [2.05, 4.69) is 27.7 Å². The van der Waals surface area contributed by atoms with E-state index in [0.29, 0.717) is 5.41 Å². The summed E-state index contributed by atoms with van der Waals surface area (Å²) < 4.78 is 0. The summed E-state index contributed by atoms with van der Waals surface area (Å²) in [5.74, 6) is 0. The summed E-state index contributed by atoms with van der Waals surface area (Å²) in [5, 5.41) is 0. The first kappa shape index (κ1) is 9.00. The van der Waals surface area contributed by atoms with Gasteiger partial charge in [-0.1, -0.05) is 53.4 Å². The molecule has 0 aromatic rings. The lowest BCUT2D eigenvalue weighted by atomic mass is 10.0. The fraction of sp³-hybridized carbons (Fsp3) is 1.00. The third-order valence-electron chi connectivity index (χ3n) is 1.000. The Morgan fingerprint density at radius 1 is 0.667 bits per heavy atom. The third kappa shape index (κ3) is 18.0. The molecule has 0 spiro atoms. The summed E-state index contributed by atoms with van der Waals surface area (Å²) in [5.41, 5.74) is 0.500. The average molecular weight is 128 g/mol. The summed E-state index contributed by atoms with van der Waals surface area (Å²) in [6.07, 6.45) is 6.00. The van der Waals surface area contributed by atoms with Gasteiger partial charge in [0.15, 0.2) is 0 Å². The summed E-state index contributed by atoms with van der Waals surface area (Å²) in [7, 11) is 0. The van der Waals surface area contributed by atoms with Crippen molar-refractivity contribution in [1.29, 1.82) is 0 Å². The second-order valence-corrected chi connectivity index (χ2v) is 4.41. The number of hydrogen-bond donors (Lipinski definition) is 0. The first-order chi connectivity index (χ1) is 4.00. The van der Waals surface area contributed by atoms with Gasteiger partial charge in [-0.05, 0) is 5.41 Å². The Morgan fingerprint density at radius 2 is 0.778 bits per heavy atom. The van der Waals surface area contributed by atoms with E-state index >= 15 is 0 Å². The Labute approximate surface area is 59.7 Å². The van der Waals surface area contributed by atoms with Crippen LogP contribution in [0, 0.1) is 5.41 Å². The molecule has 0 radical (unpaired) electrons. The quantitative estimate of drug-likeness (QED) is 0.467. The normalized spacial score (nSPS) is 17.3. The predicted octanol–water partition coefficient (Wildman–Crippen LogP) is 3.61. The maximum atomic E-state index is 2.19. The fourth-order valence-corrected chi connectivity index (χ4v) is 0.250. The van der Waals surface area contributed by atoms with Crippen LogP contribution in [-0.4, -0.2) is 0 Å².